The Hall–Kier alpha value is -1.73. The summed E-state index contributed by atoms with van der Waals surface area (Å²) in [4.78, 5) is 42.8. The molecule has 1 heterocycles. The summed E-state index contributed by atoms with van der Waals surface area (Å²) in [6.07, 6.45) is 5.37. The predicted molar refractivity (Wildman–Crippen MR) is 100 cm³/mol. The summed E-state index contributed by atoms with van der Waals surface area (Å²) in [5, 5.41) is 2.70. The quantitative estimate of drug-likeness (QED) is 0.577. The third-order valence-electron chi connectivity index (χ3n) is 5.54. The number of benzene rings is 1. The second kappa shape index (κ2) is 6.78. The number of rotatable bonds is 3. The van der Waals surface area contributed by atoms with Gasteiger partial charge in [-0.3, -0.25) is 24.8 Å². The fourth-order valence-corrected chi connectivity index (χ4v) is 5.04. The minimum absolute atomic E-state index is 0.110. The Morgan fingerprint density at radius 2 is 2.04 bits per heavy atom. The number of halogens is 2. The maximum atomic E-state index is 12.9. The van der Waals surface area contributed by atoms with Gasteiger partial charge < -0.3 is 0 Å². The predicted octanol–water partition coefficient (Wildman–Crippen LogP) is 3.69. The average molecular weight is 439 g/mol. The van der Waals surface area contributed by atoms with Crippen LogP contribution in [0.2, 0.25) is 5.02 Å². The number of hydrogen-bond acceptors (Lipinski definition) is 4. The first kappa shape index (κ1) is 17.7. The maximum absolute atomic E-state index is 12.9. The summed E-state index contributed by atoms with van der Waals surface area (Å²) in [5.41, 5.74) is 0.457. The molecular formula is C18H17BrClN3O3. The molecule has 136 valence electrons. The molecule has 1 saturated heterocycles. The molecule has 0 unspecified atom stereocenters. The first-order chi connectivity index (χ1) is 12.4. The Morgan fingerprint density at radius 1 is 1.23 bits per heavy atom. The fourth-order valence-electron chi connectivity index (χ4n) is 4.32. The Morgan fingerprint density at radius 3 is 2.69 bits per heavy atom. The molecule has 26 heavy (non-hydrogen) atoms. The number of carbonyl (C=O) groups is 3. The number of nitrogens with zero attached hydrogens (tertiary/aromatic N) is 2. The zero-order valence-corrected chi connectivity index (χ0v) is 16.2. The highest BCUT2D eigenvalue weighted by atomic mass is 79.9. The minimum Gasteiger partial charge on any atom is -0.277 e. The van der Waals surface area contributed by atoms with Crippen molar-refractivity contribution >= 4 is 57.3 Å². The van der Waals surface area contributed by atoms with E-state index in [4.69, 9.17) is 11.6 Å². The number of nitrogens with one attached hydrogen (secondary N) is 1. The molecule has 1 aromatic carbocycles. The molecule has 3 aliphatic rings. The highest BCUT2D eigenvalue weighted by Gasteiger charge is 2.50. The van der Waals surface area contributed by atoms with E-state index in [1.807, 2.05) is 0 Å². The van der Waals surface area contributed by atoms with E-state index in [0.717, 1.165) is 30.2 Å². The fraction of sp³-hybridized carbons (Fsp3) is 0.444. The standard InChI is InChI=1S/C18H17BrClN3O3/c19-11-3-4-14(13(20)7-11)21-8-12-16(24)22-18(26)23(17(12)25)15-6-9-1-2-10(15)5-9/h3-4,7-10,12,15H,1-2,5-6H2,(H,22,24,26)/t9-,10-,12+,15-/m0/s1. The van der Waals surface area contributed by atoms with Gasteiger partial charge in [-0.15, -0.1) is 0 Å². The lowest BCUT2D eigenvalue weighted by Crippen LogP contribution is -2.62. The van der Waals surface area contributed by atoms with Gasteiger partial charge in [0.2, 0.25) is 11.8 Å². The van der Waals surface area contributed by atoms with Crippen molar-refractivity contribution in [3.8, 4) is 0 Å². The Labute approximate surface area is 164 Å². The van der Waals surface area contributed by atoms with Crippen molar-refractivity contribution in [2.24, 2.45) is 22.7 Å². The van der Waals surface area contributed by atoms with Crippen LogP contribution in [0.4, 0.5) is 10.5 Å². The highest BCUT2D eigenvalue weighted by Crippen LogP contribution is 2.47. The molecule has 0 spiro atoms. The topological polar surface area (TPSA) is 78.8 Å². The second-order valence-electron chi connectivity index (χ2n) is 7.10. The number of imide groups is 2. The molecule has 2 bridgehead atoms. The largest absolute Gasteiger partial charge is 0.331 e. The Kier molecular flexibility index (Phi) is 4.61. The summed E-state index contributed by atoms with van der Waals surface area (Å²) in [6.45, 7) is 0. The first-order valence-electron chi connectivity index (χ1n) is 8.61. The SMILES string of the molecule is O=C1NC(=O)N([C@H]2C[C@H]3CC[C@H]2C3)C(=O)[C@@H]1C=Nc1ccc(Br)cc1Cl. The monoisotopic (exact) mass is 437 g/mol. The average Bonchev–Trinajstić information content (AvgIpc) is 3.19. The number of amides is 4. The second-order valence-corrected chi connectivity index (χ2v) is 8.42. The molecule has 4 rings (SSSR count). The van der Waals surface area contributed by atoms with Gasteiger partial charge in [-0.1, -0.05) is 34.0 Å². The van der Waals surface area contributed by atoms with Crippen LogP contribution in [0.5, 0.6) is 0 Å². The van der Waals surface area contributed by atoms with Gasteiger partial charge in [-0.25, -0.2) is 4.79 Å². The molecule has 1 aliphatic heterocycles. The van der Waals surface area contributed by atoms with Gasteiger partial charge in [-0.2, -0.15) is 0 Å². The number of carbonyl (C=O) groups excluding carboxylic acids is 3. The number of barbiturate groups is 1. The van der Waals surface area contributed by atoms with Crippen molar-refractivity contribution in [3.05, 3.63) is 27.7 Å². The molecular weight excluding hydrogens is 422 g/mol. The summed E-state index contributed by atoms with van der Waals surface area (Å²) >= 11 is 9.44. The molecule has 3 fully saturated rings. The van der Waals surface area contributed by atoms with E-state index in [9.17, 15) is 14.4 Å². The molecule has 8 heteroatoms. The van der Waals surface area contributed by atoms with E-state index in [0.29, 0.717) is 22.5 Å². The third kappa shape index (κ3) is 3.07. The maximum Gasteiger partial charge on any atom is 0.331 e. The summed E-state index contributed by atoms with van der Waals surface area (Å²) in [5.74, 6) is -1.32. The molecule has 1 aromatic rings. The zero-order valence-electron chi connectivity index (χ0n) is 13.8. The molecule has 4 atom stereocenters. The zero-order chi connectivity index (χ0) is 18.4. The van der Waals surface area contributed by atoms with Crippen LogP contribution in [-0.4, -0.2) is 35.0 Å². The van der Waals surface area contributed by atoms with Gasteiger partial charge >= 0.3 is 6.03 Å². The van der Waals surface area contributed by atoms with Gasteiger partial charge in [0, 0.05) is 16.7 Å². The van der Waals surface area contributed by atoms with Crippen LogP contribution in [0.25, 0.3) is 0 Å². The van der Waals surface area contributed by atoms with Crippen LogP contribution in [0.3, 0.4) is 0 Å². The normalized spacial score (nSPS) is 31.2. The lowest BCUT2D eigenvalue weighted by molar-refractivity contribution is -0.141. The van der Waals surface area contributed by atoms with E-state index >= 15 is 0 Å². The van der Waals surface area contributed by atoms with Crippen LogP contribution in [0, 0.1) is 17.8 Å². The Bertz CT molecular complexity index is 828. The van der Waals surface area contributed by atoms with Crippen LogP contribution in [0.15, 0.2) is 27.7 Å². The van der Waals surface area contributed by atoms with E-state index in [1.165, 1.54) is 11.1 Å². The lowest BCUT2D eigenvalue weighted by Gasteiger charge is -2.36. The summed E-state index contributed by atoms with van der Waals surface area (Å²) < 4.78 is 0.806. The molecule has 2 aliphatic carbocycles. The molecule has 0 aromatic heterocycles. The summed E-state index contributed by atoms with van der Waals surface area (Å²) in [6, 6.07) is 4.42. The minimum atomic E-state index is -1.12. The highest BCUT2D eigenvalue weighted by molar-refractivity contribution is 9.10. The number of hydrogen-bond donors (Lipinski definition) is 1. The molecule has 6 nitrogen and oxygen atoms in total. The van der Waals surface area contributed by atoms with E-state index < -0.39 is 23.8 Å². The lowest BCUT2D eigenvalue weighted by atomic mass is 9.92. The number of urea groups is 1. The van der Waals surface area contributed by atoms with Gasteiger partial charge in [0.25, 0.3) is 0 Å². The van der Waals surface area contributed by atoms with Crippen LogP contribution in [-0.2, 0) is 9.59 Å². The molecule has 1 N–H and O–H groups in total. The van der Waals surface area contributed by atoms with Gasteiger partial charge in [-0.05, 0) is 49.3 Å². The van der Waals surface area contributed by atoms with Crippen molar-refractivity contribution in [1.29, 1.82) is 0 Å². The van der Waals surface area contributed by atoms with Gasteiger partial charge in [0.05, 0.1) is 10.7 Å². The van der Waals surface area contributed by atoms with E-state index in [-0.39, 0.29) is 6.04 Å². The van der Waals surface area contributed by atoms with Crippen molar-refractivity contribution in [3.63, 3.8) is 0 Å². The Balaban J connectivity index is 1.57. The van der Waals surface area contributed by atoms with Crippen molar-refractivity contribution in [2.45, 2.75) is 31.7 Å². The van der Waals surface area contributed by atoms with Crippen molar-refractivity contribution < 1.29 is 14.4 Å². The van der Waals surface area contributed by atoms with Gasteiger partial charge in [0.15, 0.2) is 5.92 Å². The van der Waals surface area contributed by atoms with Crippen LogP contribution >= 0.6 is 27.5 Å². The van der Waals surface area contributed by atoms with E-state index in [1.54, 1.807) is 18.2 Å². The molecule has 0 radical (unpaired) electrons. The van der Waals surface area contributed by atoms with Gasteiger partial charge in [0.1, 0.15) is 0 Å². The molecule has 4 amide bonds. The van der Waals surface area contributed by atoms with Crippen molar-refractivity contribution in [2.75, 3.05) is 0 Å². The van der Waals surface area contributed by atoms with Crippen LogP contribution in [0.1, 0.15) is 25.7 Å². The van der Waals surface area contributed by atoms with E-state index in [2.05, 4.69) is 26.2 Å². The number of aliphatic imine (C=N–C) groups is 1. The first-order valence-corrected chi connectivity index (χ1v) is 9.78. The summed E-state index contributed by atoms with van der Waals surface area (Å²) in [7, 11) is 0. The number of fused-ring (bicyclic) bond motifs is 2. The molecule has 2 saturated carbocycles. The van der Waals surface area contributed by atoms with Crippen LogP contribution < -0.4 is 5.32 Å². The third-order valence-corrected chi connectivity index (χ3v) is 6.34. The smallest absolute Gasteiger partial charge is 0.277 e. The van der Waals surface area contributed by atoms with Crippen molar-refractivity contribution in [1.82, 2.24) is 10.2 Å².